The molecule has 0 aliphatic rings. The van der Waals surface area contributed by atoms with Gasteiger partial charge < -0.3 is 5.32 Å². The zero-order chi connectivity index (χ0) is 14.7. The minimum absolute atomic E-state index is 0.727. The number of H-pyrrole nitrogens is 1. The van der Waals surface area contributed by atoms with Crippen molar-refractivity contribution in [2.24, 2.45) is 0 Å². The second kappa shape index (κ2) is 5.79. The summed E-state index contributed by atoms with van der Waals surface area (Å²) >= 11 is 0. The zero-order valence-electron chi connectivity index (χ0n) is 12.2. The molecule has 1 aromatic carbocycles. The fourth-order valence-electron chi connectivity index (χ4n) is 2.41. The van der Waals surface area contributed by atoms with Crippen LogP contribution in [0.1, 0.15) is 16.7 Å². The van der Waals surface area contributed by atoms with Gasteiger partial charge in [-0.25, -0.2) is 0 Å². The van der Waals surface area contributed by atoms with Crippen molar-refractivity contribution in [3.63, 3.8) is 0 Å². The van der Waals surface area contributed by atoms with Crippen LogP contribution >= 0.6 is 0 Å². The van der Waals surface area contributed by atoms with Gasteiger partial charge in [0.15, 0.2) is 0 Å². The Morgan fingerprint density at radius 3 is 2.81 bits per heavy atom. The largest absolute Gasteiger partial charge is 0.381 e. The molecular weight excluding hydrogens is 260 g/mol. The number of nitrogens with zero attached hydrogens (tertiary/aromatic N) is 2. The first kappa shape index (κ1) is 13.4. The molecule has 0 bridgehead atoms. The van der Waals surface area contributed by atoms with Gasteiger partial charge >= 0.3 is 0 Å². The van der Waals surface area contributed by atoms with Crippen molar-refractivity contribution in [1.29, 1.82) is 0 Å². The van der Waals surface area contributed by atoms with E-state index >= 15 is 0 Å². The molecule has 0 aliphatic heterocycles. The van der Waals surface area contributed by atoms with E-state index in [9.17, 15) is 0 Å². The zero-order valence-corrected chi connectivity index (χ0v) is 12.2. The van der Waals surface area contributed by atoms with Gasteiger partial charge in [-0.15, -0.1) is 0 Å². The maximum atomic E-state index is 4.16. The van der Waals surface area contributed by atoms with Gasteiger partial charge in [0.1, 0.15) is 0 Å². The van der Waals surface area contributed by atoms with Crippen LogP contribution in [0.2, 0.25) is 0 Å². The van der Waals surface area contributed by atoms with Crippen LogP contribution in [0.15, 0.2) is 48.9 Å². The average Bonchev–Trinajstić information content (AvgIpc) is 2.96. The first-order valence-corrected chi connectivity index (χ1v) is 6.98. The molecule has 4 nitrogen and oxygen atoms in total. The summed E-state index contributed by atoms with van der Waals surface area (Å²) in [6.07, 6.45) is 5.47. The Kier molecular flexibility index (Phi) is 3.69. The highest BCUT2D eigenvalue weighted by Gasteiger charge is 2.08. The standard InChI is InChI=1S/C17H18N4/c1-12-5-6-16(13(2)8-12)19-10-15-11-20-21-17(15)14-4-3-7-18-9-14/h3-9,11,19H,10H2,1-2H3,(H,20,21). The summed E-state index contributed by atoms with van der Waals surface area (Å²) in [7, 11) is 0. The highest BCUT2D eigenvalue weighted by Crippen LogP contribution is 2.22. The summed E-state index contributed by atoms with van der Waals surface area (Å²) in [5, 5.41) is 10.7. The van der Waals surface area contributed by atoms with Crippen molar-refractivity contribution >= 4 is 5.69 Å². The molecule has 0 unspecified atom stereocenters. The normalized spacial score (nSPS) is 10.6. The van der Waals surface area contributed by atoms with Crippen molar-refractivity contribution in [3.8, 4) is 11.3 Å². The average molecular weight is 278 g/mol. The van der Waals surface area contributed by atoms with E-state index in [0.717, 1.165) is 29.1 Å². The quantitative estimate of drug-likeness (QED) is 0.765. The van der Waals surface area contributed by atoms with E-state index < -0.39 is 0 Å². The lowest BCUT2D eigenvalue weighted by Crippen LogP contribution is -2.01. The molecule has 3 rings (SSSR count). The first-order valence-electron chi connectivity index (χ1n) is 6.98. The van der Waals surface area contributed by atoms with Crippen molar-refractivity contribution in [3.05, 3.63) is 65.6 Å². The number of benzene rings is 1. The summed E-state index contributed by atoms with van der Waals surface area (Å²) in [6.45, 7) is 4.95. The summed E-state index contributed by atoms with van der Waals surface area (Å²) in [4.78, 5) is 4.16. The monoisotopic (exact) mass is 278 g/mol. The number of hydrogen-bond donors (Lipinski definition) is 2. The van der Waals surface area contributed by atoms with Gasteiger partial charge in [0.2, 0.25) is 0 Å². The second-order valence-electron chi connectivity index (χ2n) is 5.18. The van der Waals surface area contributed by atoms with Gasteiger partial charge in [-0.3, -0.25) is 10.1 Å². The highest BCUT2D eigenvalue weighted by molar-refractivity contribution is 5.62. The van der Waals surface area contributed by atoms with E-state index in [0.29, 0.717) is 0 Å². The number of nitrogens with one attached hydrogen (secondary N) is 2. The van der Waals surface area contributed by atoms with Gasteiger partial charge in [0, 0.05) is 35.8 Å². The molecule has 106 valence electrons. The summed E-state index contributed by atoms with van der Waals surface area (Å²) in [5.74, 6) is 0. The smallest absolute Gasteiger partial charge is 0.0715 e. The molecule has 0 saturated carbocycles. The number of hydrogen-bond acceptors (Lipinski definition) is 3. The molecule has 4 heteroatoms. The Labute approximate surface area is 124 Å². The van der Waals surface area contributed by atoms with E-state index in [4.69, 9.17) is 0 Å². The lowest BCUT2D eigenvalue weighted by Gasteiger charge is -2.10. The molecule has 0 amide bonds. The predicted octanol–water partition coefficient (Wildman–Crippen LogP) is 3.70. The fourth-order valence-corrected chi connectivity index (χ4v) is 2.41. The molecule has 21 heavy (non-hydrogen) atoms. The molecule has 0 saturated heterocycles. The Morgan fingerprint density at radius 1 is 1.14 bits per heavy atom. The fraction of sp³-hybridized carbons (Fsp3) is 0.176. The van der Waals surface area contributed by atoms with Crippen molar-refractivity contribution in [2.45, 2.75) is 20.4 Å². The summed E-state index contributed by atoms with van der Waals surface area (Å²) in [6, 6.07) is 10.4. The van der Waals surface area contributed by atoms with Gasteiger partial charge in [-0.2, -0.15) is 5.10 Å². The SMILES string of the molecule is Cc1ccc(NCc2cn[nH]c2-c2cccnc2)c(C)c1. The van der Waals surface area contributed by atoms with Crippen molar-refractivity contribution in [2.75, 3.05) is 5.32 Å². The third-order valence-electron chi connectivity index (χ3n) is 3.52. The number of aryl methyl sites for hydroxylation is 2. The Balaban J connectivity index is 1.79. The van der Waals surface area contributed by atoms with Crippen LogP contribution in [0.25, 0.3) is 11.3 Å². The molecule has 0 spiro atoms. The van der Waals surface area contributed by atoms with Crippen LogP contribution in [-0.4, -0.2) is 15.2 Å². The van der Waals surface area contributed by atoms with Crippen molar-refractivity contribution < 1.29 is 0 Å². The molecule has 0 radical (unpaired) electrons. The molecule has 2 N–H and O–H groups in total. The molecule has 0 fully saturated rings. The van der Waals surface area contributed by atoms with E-state index in [-0.39, 0.29) is 0 Å². The minimum atomic E-state index is 0.727. The third kappa shape index (κ3) is 2.94. The Hall–Kier alpha value is -2.62. The van der Waals surface area contributed by atoms with Gasteiger partial charge in [0.05, 0.1) is 11.9 Å². The van der Waals surface area contributed by atoms with Crippen LogP contribution in [0, 0.1) is 13.8 Å². The molecular formula is C17H18N4. The van der Waals surface area contributed by atoms with Gasteiger partial charge in [0.25, 0.3) is 0 Å². The molecule has 2 aromatic heterocycles. The second-order valence-corrected chi connectivity index (χ2v) is 5.18. The Bertz CT molecular complexity index is 732. The van der Waals surface area contributed by atoms with E-state index in [2.05, 4.69) is 52.5 Å². The van der Waals surface area contributed by atoms with Crippen LogP contribution in [0.5, 0.6) is 0 Å². The maximum Gasteiger partial charge on any atom is 0.0715 e. The number of pyridine rings is 1. The summed E-state index contributed by atoms with van der Waals surface area (Å²) in [5.41, 5.74) is 6.87. The van der Waals surface area contributed by atoms with Crippen LogP contribution in [0.4, 0.5) is 5.69 Å². The predicted molar refractivity (Wildman–Crippen MR) is 85.1 cm³/mol. The number of anilines is 1. The number of rotatable bonds is 4. The van der Waals surface area contributed by atoms with Gasteiger partial charge in [-0.1, -0.05) is 17.7 Å². The molecule has 0 atom stereocenters. The number of aromatic nitrogens is 3. The third-order valence-corrected chi connectivity index (χ3v) is 3.52. The molecule has 0 aliphatic carbocycles. The van der Waals surface area contributed by atoms with Crippen molar-refractivity contribution in [1.82, 2.24) is 15.2 Å². The topological polar surface area (TPSA) is 53.6 Å². The highest BCUT2D eigenvalue weighted by atomic mass is 15.1. The van der Waals surface area contributed by atoms with E-state index in [1.54, 1.807) is 6.20 Å². The molecule has 3 aromatic rings. The van der Waals surface area contributed by atoms with E-state index in [1.165, 1.54) is 11.1 Å². The van der Waals surface area contributed by atoms with Crippen LogP contribution < -0.4 is 5.32 Å². The first-order chi connectivity index (χ1) is 10.2. The molecule has 2 heterocycles. The minimum Gasteiger partial charge on any atom is -0.381 e. The Morgan fingerprint density at radius 2 is 2.05 bits per heavy atom. The summed E-state index contributed by atoms with van der Waals surface area (Å²) < 4.78 is 0. The van der Waals surface area contributed by atoms with Crippen LogP contribution in [-0.2, 0) is 6.54 Å². The van der Waals surface area contributed by atoms with Crippen LogP contribution in [0.3, 0.4) is 0 Å². The lowest BCUT2D eigenvalue weighted by molar-refractivity contribution is 1.09. The number of aromatic amines is 1. The maximum absolute atomic E-state index is 4.16. The van der Waals surface area contributed by atoms with E-state index in [1.807, 2.05) is 24.5 Å². The van der Waals surface area contributed by atoms with Gasteiger partial charge in [-0.05, 0) is 37.6 Å². The lowest BCUT2D eigenvalue weighted by atomic mass is 10.1.